The standard InChI is InChI=1S/C32H30ClFN6O5S/c1-45-29(41)25-24(36-27(28-35-10-13-46-28)37-26(25)22-7-4-19(34)14-23(22)33)17-38-11-12-39-21(15-38)16-40(31(39)44)20-5-2-18(3-6-20)32(8-9-32)30(42)43/h2-7,10,13-14,21,26H,8-9,11-12,15-17H2,1H3,(H,36,37)(H,42,43)/t21-,26?/m0/s1. The number of nitrogens with zero attached hydrogens (tertiary/aromatic N) is 5. The Hall–Kier alpha value is -4.33. The number of nitrogens with one attached hydrogen (secondary N) is 1. The van der Waals surface area contributed by atoms with Gasteiger partial charge in [0, 0.05) is 66.3 Å². The van der Waals surface area contributed by atoms with Crippen LogP contribution in [0.2, 0.25) is 5.02 Å². The molecule has 2 atom stereocenters. The van der Waals surface area contributed by atoms with Crippen molar-refractivity contribution in [2.75, 3.05) is 44.7 Å². The molecule has 0 bridgehead atoms. The molecule has 4 heterocycles. The van der Waals surface area contributed by atoms with Gasteiger partial charge >= 0.3 is 18.0 Å². The van der Waals surface area contributed by atoms with Crippen molar-refractivity contribution in [3.05, 3.63) is 92.3 Å². The van der Waals surface area contributed by atoms with Crippen LogP contribution in [-0.4, -0.2) is 89.6 Å². The average molecular weight is 665 g/mol. The van der Waals surface area contributed by atoms with Gasteiger partial charge < -0.3 is 20.1 Å². The van der Waals surface area contributed by atoms with Crippen LogP contribution in [0.1, 0.15) is 35.0 Å². The summed E-state index contributed by atoms with van der Waals surface area (Å²) in [5.41, 5.74) is 1.97. The largest absolute Gasteiger partial charge is 0.481 e. The Labute approximate surface area is 272 Å². The van der Waals surface area contributed by atoms with Crippen LogP contribution in [-0.2, 0) is 19.7 Å². The lowest BCUT2D eigenvalue weighted by atomic mass is 9.95. The Morgan fingerprint density at radius 2 is 1.96 bits per heavy atom. The number of anilines is 1. The quantitative estimate of drug-likeness (QED) is 0.343. The highest BCUT2D eigenvalue weighted by Gasteiger charge is 2.52. The molecular formula is C32H30ClFN6O5S. The van der Waals surface area contributed by atoms with Crippen molar-refractivity contribution in [1.29, 1.82) is 0 Å². The highest BCUT2D eigenvalue weighted by atomic mass is 35.5. The van der Waals surface area contributed by atoms with E-state index in [1.165, 1.54) is 36.6 Å². The summed E-state index contributed by atoms with van der Waals surface area (Å²) < 4.78 is 19.2. The molecule has 1 aliphatic carbocycles. The Kier molecular flexibility index (Phi) is 7.78. The summed E-state index contributed by atoms with van der Waals surface area (Å²) in [4.78, 5) is 53.5. The van der Waals surface area contributed by atoms with Gasteiger partial charge in [-0.3, -0.25) is 19.6 Å². The molecule has 2 amide bonds. The lowest BCUT2D eigenvalue weighted by Crippen LogP contribution is -2.53. The number of ether oxygens (including phenoxy) is 1. The molecule has 3 aliphatic heterocycles. The van der Waals surface area contributed by atoms with Crippen LogP contribution in [0, 0.1) is 5.82 Å². The van der Waals surface area contributed by atoms with Crippen molar-refractivity contribution in [3.63, 3.8) is 0 Å². The second-order valence-corrected chi connectivity index (χ2v) is 13.1. The topological polar surface area (TPSA) is 128 Å². The Morgan fingerprint density at radius 1 is 1.17 bits per heavy atom. The number of fused-ring (bicyclic) bond motifs is 1. The molecule has 3 aromatic rings. The van der Waals surface area contributed by atoms with Crippen molar-refractivity contribution >= 4 is 52.4 Å². The van der Waals surface area contributed by atoms with Gasteiger partial charge in [-0.25, -0.2) is 19.0 Å². The molecule has 46 heavy (non-hydrogen) atoms. The average Bonchev–Trinajstić information content (AvgIpc) is 3.55. The number of hydrogen-bond acceptors (Lipinski definition) is 9. The number of carbonyl (C=O) groups excluding carboxylic acids is 2. The normalized spacial score (nSPS) is 22.3. The van der Waals surface area contributed by atoms with Crippen LogP contribution < -0.4 is 10.2 Å². The number of methoxy groups -OCH3 is 1. The predicted molar refractivity (Wildman–Crippen MR) is 170 cm³/mol. The smallest absolute Gasteiger partial charge is 0.338 e. The second kappa shape index (κ2) is 11.8. The number of carboxylic acids is 1. The van der Waals surface area contributed by atoms with Crippen LogP contribution in [0.3, 0.4) is 0 Å². The van der Waals surface area contributed by atoms with Gasteiger partial charge in [0.25, 0.3) is 0 Å². The number of amides is 2. The van der Waals surface area contributed by atoms with E-state index in [2.05, 4.69) is 15.2 Å². The number of benzene rings is 2. The maximum atomic E-state index is 14.0. The fourth-order valence-corrected chi connectivity index (χ4v) is 7.39. The molecular weight excluding hydrogens is 635 g/mol. The van der Waals surface area contributed by atoms with Crippen molar-refractivity contribution in [2.45, 2.75) is 30.3 Å². The highest BCUT2D eigenvalue weighted by molar-refractivity contribution is 7.11. The summed E-state index contributed by atoms with van der Waals surface area (Å²) in [5, 5.41) is 15.5. The molecule has 238 valence electrons. The fraction of sp³-hybridized carbons (Fsp3) is 0.344. The van der Waals surface area contributed by atoms with Crippen LogP contribution in [0.25, 0.3) is 0 Å². The van der Waals surface area contributed by atoms with Gasteiger partial charge in [-0.05, 0) is 42.7 Å². The molecule has 14 heteroatoms. The maximum absolute atomic E-state index is 14.0. The first-order chi connectivity index (χ1) is 22.2. The van der Waals surface area contributed by atoms with E-state index in [1.807, 2.05) is 34.5 Å². The molecule has 4 aliphatic rings. The molecule has 0 spiro atoms. The van der Waals surface area contributed by atoms with Gasteiger partial charge in [0.2, 0.25) is 0 Å². The number of aromatic nitrogens is 1. The van der Waals surface area contributed by atoms with E-state index in [-0.39, 0.29) is 22.7 Å². The number of carbonyl (C=O) groups is 3. The third-order valence-electron chi connectivity index (χ3n) is 9.13. The summed E-state index contributed by atoms with van der Waals surface area (Å²) in [6.07, 6.45) is 2.90. The van der Waals surface area contributed by atoms with E-state index in [4.69, 9.17) is 21.3 Å². The van der Waals surface area contributed by atoms with Gasteiger partial charge in [0.15, 0.2) is 10.8 Å². The molecule has 2 aromatic carbocycles. The Balaban J connectivity index is 1.14. The van der Waals surface area contributed by atoms with E-state index < -0.39 is 29.2 Å². The molecule has 2 saturated heterocycles. The summed E-state index contributed by atoms with van der Waals surface area (Å²) >= 11 is 7.86. The van der Waals surface area contributed by atoms with E-state index in [1.54, 1.807) is 11.1 Å². The van der Waals surface area contributed by atoms with E-state index in [0.717, 1.165) is 11.3 Å². The first-order valence-corrected chi connectivity index (χ1v) is 16.1. The molecule has 2 N–H and O–H groups in total. The third kappa shape index (κ3) is 5.31. The van der Waals surface area contributed by atoms with Crippen molar-refractivity contribution in [2.24, 2.45) is 4.99 Å². The molecule has 3 fully saturated rings. The number of urea groups is 1. The predicted octanol–water partition coefficient (Wildman–Crippen LogP) is 4.20. The number of hydrogen-bond donors (Lipinski definition) is 2. The van der Waals surface area contributed by atoms with Gasteiger partial charge in [-0.1, -0.05) is 29.8 Å². The number of amidine groups is 1. The molecule has 1 aromatic heterocycles. The minimum Gasteiger partial charge on any atom is -0.481 e. The molecule has 1 unspecified atom stereocenters. The summed E-state index contributed by atoms with van der Waals surface area (Å²) in [6.45, 7) is 2.39. The number of carboxylic acid groups (broad SMARTS) is 1. The minimum absolute atomic E-state index is 0.0915. The molecule has 11 nitrogen and oxygen atoms in total. The SMILES string of the molecule is COC(=O)C1=C(CN2CCN3C(=O)N(c4ccc(C5(C(=O)O)CC5)cc4)C[C@@H]3C2)NC(c2nccs2)=NC1c1ccc(F)cc1Cl. The zero-order valence-corrected chi connectivity index (χ0v) is 26.4. The molecule has 0 radical (unpaired) electrons. The van der Waals surface area contributed by atoms with Gasteiger partial charge in [0.1, 0.15) is 11.9 Å². The van der Waals surface area contributed by atoms with Crippen LogP contribution in [0.15, 0.2) is 70.3 Å². The van der Waals surface area contributed by atoms with Crippen molar-refractivity contribution < 1.29 is 28.6 Å². The van der Waals surface area contributed by atoms with Crippen LogP contribution in [0.4, 0.5) is 14.9 Å². The number of rotatable bonds is 8. The van der Waals surface area contributed by atoms with E-state index in [9.17, 15) is 23.9 Å². The van der Waals surface area contributed by atoms with E-state index >= 15 is 0 Å². The van der Waals surface area contributed by atoms with Crippen molar-refractivity contribution in [1.82, 2.24) is 20.1 Å². The number of aliphatic carboxylic acids is 1. The molecule has 1 saturated carbocycles. The number of aliphatic imine (C=N–C) groups is 1. The van der Waals surface area contributed by atoms with Gasteiger partial charge in [-0.15, -0.1) is 11.3 Å². The Bertz CT molecular complexity index is 1780. The fourth-order valence-electron chi connectivity index (χ4n) is 6.53. The lowest BCUT2D eigenvalue weighted by Gasteiger charge is -2.38. The highest BCUT2D eigenvalue weighted by Crippen LogP contribution is 2.48. The zero-order chi connectivity index (χ0) is 32.2. The van der Waals surface area contributed by atoms with Gasteiger partial charge in [0.05, 0.1) is 24.1 Å². The molecule has 7 rings (SSSR count). The summed E-state index contributed by atoms with van der Waals surface area (Å²) in [5.74, 6) is -1.44. The van der Waals surface area contributed by atoms with Crippen molar-refractivity contribution in [3.8, 4) is 0 Å². The second-order valence-electron chi connectivity index (χ2n) is 11.8. The monoisotopic (exact) mass is 664 g/mol. The third-order valence-corrected chi connectivity index (χ3v) is 10.2. The maximum Gasteiger partial charge on any atom is 0.338 e. The Morgan fingerprint density at radius 3 is 2.61 bits per heavy atom. The first kappa shape index (κ1) is 30.3. The number of halogens is 2. The lowest BCUT2D eigenvalue weighted by molar-refractivity contribution is -0.140. The van der Waals surface area contributed by atoms with E-state index in [0.29, 0.717) is 67.7 Å². The van der Waals surface area contributed by atoms with Crippen LogP contribution >= 0.6 is 22.9 Å². The zero-order valence-electron chi connectivity index (χ0n) is 24.8. The van der Waals surface area contributed by atoms with Gasteiger partial charge in [-0.2, -0.15) is 0 Å². The number of thiazole rings is 1. The summed E-state index contributed by atoms with van der Waals surface area (Å²) in [6, 6.07) is 10.2. The number of esters is 1. The van der Waals surface area contributed by atoms with Crippen LogP contribution in [0.5, 0.6) is 0 Å². The summed E-state index contributed by atoms with van der Waals surface area (Å²) in [7, 11) is 1.30. The number of piperazine rings is 1. The minimum atomic E-state index is -0.862. The first-order valence-electron chi connectivity index (χ1n) is 14.8.